The van der Waals surface area contributed by atoms with Gasteiger partial charge >= 0.3 is 0 Å². The van der Waals surface area contributed by atoms with Crippen molar-refractivity contribution in [1.29, 1.82) is 0 Å². The van der Waals surface area contributed by atoms with Crippen LogP contribution in [0.5, 0.6) is 0 Å². The van der Waals surface area contributed by atoms with Crippen molar-refractivity contribution in [2.75, 3.05) is 9.80 Å². The van der Waals surface area contributed by atoms with E-state index >= 15 is 0 Å². The van der Waals surface area contributed by atoms with Gasteiger partial charge in [0.05, 0.1) is 34.1 Å². The van der Waals surface area contributed by atoms with Crippen LogP contribution < -0.4 is 9.80 Å². The van der Waals surface area contributed by atoms with E-state index in [0.29, 0.717) is 6.42 Å². The largest absolute Gasteiger partial charge is 0.307 e. The summed E-state index contributed by atoms with van der Waals surface area (Å²) in [5.74, 6) is -0.573. The topological polar surface area (TPSA) is 6.48 Å². The maximum atomic E-state index is 14.5. The Morgan fingerprint density at radius 1 is 0.440 bits per heavy atom. The second-order valence-electron chi connectivity index (χ2n) is 12.3. The van der Waals surface area contributed by atoms with Gasteiger partial charge in [-0.2, -0.15) is 0 Å². The zero-order chi connectivity index (χ0) is 33.8. The highest BCUT2D eigenvalue weighted by Crippen LogP contribution is 2.59. The number of hydrogen-bond acceptors (Lipinski definition) is 4. The lowest BCUT2D eigenvalue weighted by molar-refractivity contribution is 0.627. The molecule has 0 aromatic heterocycles. The summed E-state index contributed by atoms with van der Waals surface area (Å²) in [5.41, 5.74) is 11.3. The third-order valence-electron chi connectivity index (χ3n) is 9.35. The predicted octanol–water partition coefficient (Wildman–Crippen LogP) is 13.7. The summed E-state index contributed by atoms with van der Waals surface area (Å²) >= 11 is 3.55. The summed E-state index contributed by atoms with van der Waals surface area (Å²) < 4.78 is 29.0. The molecule has 0 atom stereocenters. The van der Waals surface area contributed by atoms with Crippen molar-refractivity contribution in [2.24, 2.45) is 0 Å². The van der Waals surface area contributed by atoms with Crippen molar-refractivity contribution < 1.29 is 8.78 Å². The quantitative estimate of drug-likeness (QED) is 0.177. The zero-order valence-corrected chi connectivity index (χ0v) is 28.7. The van der Waals surface area contributed by atoms with E-state index in [4.69, 9.17) is 0 Å². The van der Waals surface area contributed by atoms with E-state index in [9.17, 15) is 8.78 Å². The molecule has 2 aliphatic heterocycles. The molecular weight excluding hydrogens is 659 g/mol. The summed E-state index contributed by atoms with van der Waals surface area (Å²) in [7, 11) is 0. The van der Waals surface area contributed by atoms with Gasteiger partial charge in [-0.1, -0.05) is 103 Å². The molecule has 2 heterocycles. The average molecular weight is 689 g/mol. The third kappa shape index (κ3) is 5.10. The molecule has 6 heteroatoms. The molecule has 50 heavy (non-hydrogen) atoms. The Bertz CT molecular complexity index is 2150. The summed E-state index contributed by atoms with van der Waals surface area (Å²) in [5, 5.41) is 0. The zero-order valence-electron chi connectivity index (χ0n) is 27.1. The summed E-state index contributed by atoms with van der Waals surface area (Å²) in [6.45, 7) is 2.21. The molecule has 0 bridgehead atoms. The van der Waals surface area contributed by atoms with E-state index in [1.54, 1.807) is 23.5 Å². The maximum absolute atomic E-state index is 14.5. The number of rotatable bonds is 5. The minimum atomic E-state index is -0.287. The van der Waals surface area contributed by atoms with Crippen LogP contribution in [-0.4, -0.2) is 0 Å². The molecule has 7 aromatic rings. The molecule has 242 valence electrons. The summed E-state index contributed by atoms with van der Waals surface area (Å²) in [6, 6.07) is 49.9. The fraction of sp³-hybridized carbons (Fsp3) is 0.0455. The summed E-state index contributed by atoms with van der Waals surface area (Å²) in [4.78, 5) is 9.43. The third-order valence-corrected chi connectivity index (χ3v) is 11.6. The van der Waals surface area contributed by atoms with E-state index < -0.39 is 0 Å². The number of anilines is 6. The first-order chi connectivity index (χ1) is 24.6. The molecule has 0 saturated heterocycles. The summed E-state index contributed by atoms with van der Waals surface area (Å²) in [6.07, 6.45) is 0.690. The molecule has 0 amide bonds. The van der Waals surface area contributed by atoms with Crippen molar-refractivity contribution >= 4 is 57.6 Å². The first-order valence-electron chi connectivity index (χ1n) is 16.6. The lowest BCUT2D eigenvalue weighted by Gasteiger charge is -2.40. The lowest BCUT2D eigenvalue weighted by Crippen LogP contribution is -2.22. The van der Waals surface area contributed by atoms with Gasteiger partial charge in [0.1, 0.15) is 11.6 Å². The van der Waals surface area contributed by atoms with Crippen LogP contribution in [-0.2, 0) is 6.42 Å². The predicted molar refractivity (Wildman–Crippen MR) is 204 cm³/mol. The van der Waals surface area contributed by atoms with Crippen molar-refractivity contribution in [2.45, 2.75) is 32.9 Å². The Hall–Kier alpha value is -5.30. The molecular formula is C44H30F2N2S2. The van der Waals surface area contributed by atoms with Gasteiger partial charge in [-0.3, -0.25) is 0 Å². The van der Waals surface area contributed by atoms with Gasteiger partial charge < -0.3 is 9.80 Å². The maximum Gasteiger partial charge on any atom is 0.123 e. The molecule has 9 rings (SSSR count). The van der Waals surface area contributed by atoms with Crippen LogP contribution in [0.25, 0.3) is 22.3 Å². The van der Waals surface area contributed by atoms with Gasteiger partial charge in [-0.15, -0.1) is 0 Å². The monoisotopic (exact) mass is 688 g/mol. The van der Waals surface area contributed by atoms with E-state index in [1.165, 1.54) is 24.3 Å². The molecule has 7 aromatic carbocycles. The molecule has 0 N–H and O–H groups in total. The average Bonchev–Trinajstić information content (AvgIpc) is 3.16. The molecule has 0 fully saturated rings. The molecule has 2 aliphatic rings. The Morgan fingerprint density at radius 2 is 0.760 bits per heavy atom. The highest BCUT2D eigenvalue weighted by atomic mass is 32.2. The van der Waals surface area contributed by atoms with E-state index in [-0.39, 0.29) is 11.6 Å². The van der Waals surface area contributed by atoms with Crippen molar-refractivity contribution in [3.05, 3.63) is 169 Å². The number of benzene rings is 7. The standard InChI is InChI=1S/C44H30F2N2S2/c1-2-32-43(47-35-11-3-7-15-39(35)49-40-16-8-4-12-36(40)47)33(28-19-23-30(45)24-20-28)27-34(29-21-25-31(46)26-22-29)44(32)48-37-13-5-9-17-41(37)50-42-18-10-6-14-38(42)48/h3-27H,2H2,1H3. The number of hydrogen-bond donors (Lipinski definition) is 0. The molecule has 0 radical (unpaired) electrons. The van der Waals surface area contributed by atoms with Crippen LogP contribution in [0.3, 0.4) is 0 Å². The van der Waals surface area contributed by atoms with Gasteiger partial charge in [-0.05, 0) is 96.4 Å². The van der Waals surface area contributed by atoms with Gasteiger partial charge in [0, 0.05) is 36.3 Å². The molecule has 0 aliphatic carbocycles. The number of nitrogens with zero attached hydrogens (tertiary/aromatic N) is 2. The smallest absolute Gasteiger partial charge is 0.123 e. The number of para-hydroxylation sites is 4. The minimum Gasteiger partial charge on any atom is -0.307 e. The van der Waals surface area contributed by atoms with Crippen molar-refractivity contribution in [3.8, 4) is 22.3 Å². The second-order valence-corrected chi connectivity index (χ2v) is 14.4. The normalized spacial score (nSPS) is 12.9. The van der Waals surface area contributed by atoms with Crippen molar-refractivity contribution in [3.63, 3.8) is 0 Å². The Kier molecular flexibility index (Phi) is 7.71. The highest BCUT2D eigenvalue weighted by molar-refractivity contribution is 8.00. The van der Waals surface area contributed by atoms with Crippen LogP contribution in [0.1, 0.15) is 12.5 Å². The molecule has 2 nitrogen and oxygen atoms in total. The first-order valence-corrected chi connectivity index (χ1v) is 18.3. The highest BCUT2D eigenvalue weighted by Gasteiger charge is 2.34. The number of halogens is 2. The first kappa shape index (κ1) is 30.7. The van der Waals surface area contributed by atoms with Gasteiger partial charge in [-0.25, -0.2) is 8.78 Å². The fourth-order valence-corrected chi connectivity index (χ4v) is 9.27. The molecule has 0 saturated carbocycles. The Morgan fingerprint density at radius 3 is 1.08 bits per heavy atom. The number of fused-ring (bicyclic) bond motifs is 4. The van der Waals surface area contributed by atoms with Crippen LogP contribution in [0.4, 0.5) is 42.9 Å². The Labute approximate surface area is 299 Å². The van der Waals surface area contributed by atoms with E-state index in [2.05, 4.69) is 120 Å². The molecule has 0 unspecified atom stereocenters. The van der Waals surface area contributed by atoms with E-state index in [0.717, 1.165) is 81.5 Å². The molecule has 0 spiro atoms. The Balaban J connectivity index is 1.46. The van der Waals surface area contributed by atoms with Crippen molar-refractivity contribution in [1.82, 2.24) is 0 Å². The fourth-order valence-electron chi connectivity index (χ4n) is 7.15. The van der Waals surface area contributed by atoms with Gasteiger partial charge in [0.25, 0.3) is 0 Å². The van der Waals surface area contributed by atoms with Crippen LogP contribution in [0, 0.1) is 11.6 Å². The van der Waals surface area contributed by atoms with Gasteiger partial charge in [0.15, 0.2) is 0 Å². The minimum absolute atomic E-state index is 0.287. The lowest BCUT2D eigenvalue weighted by atomic mass is 9.88. The van der Waals surface area contributed by atoms with Crippen LogP contribution in [0.2, 0.25) is 0 Å². The second kappa shape index (κ2) is 12.5. The van der Waals surface area contributed by atoms with Crippen LogP contribution >= 0.6 is 23.5 Å². The van der Waals surface area contributed by atoms with Crippen LogP contribution in [0.15, 0.2) is 171 Å². The SMILES string of the molecule is CCc1c(N2c3ccccc3Sc3ccccc32)c(-c2ccc(F)cc2)cc(-c2ccc(F)cc2)c1N1c2ccccc2Sc2ccccc21. The van der Waals surface area contributed by atoms with E-state index in [1.807, 2.05) is 24.3 Å². The van der Waals surface area contributed by atoms with Gasteiger partial charge in [0.2, 0.25) is 0 Å².